The number of nitrogens with zero attached hydrogens (tertiary/aromatic N) is 2. The average molecular weight is 725 g/mol. The Morgan fingerprint density at radius 3 is 2.18 bits per heavy atom. The Kier molecular flexibility index (Phi) is 19.3. The number of nitrogens with one attached hydrogen (secondary N) is 2. The molecule has 2 amide bonds. The van der Waals surface area contributed by atoms with Gasteiger partial charge in [0.25, 0.3) is 0 Å². The summed E-state index contributed by atoms with van der Waals surface area (Å²) >= 11 is 0. The first kappa shape index (κ1) is 45.3. The Morgan fingerprint density at radius 2 is 1.67 bits per heavy atom. The predicted octanol–water partition coefficient (Wildman–Crippen LogP) is 3.39. The van der Waals surface area contributed by atoms with E-state index in [2.05, 4.69) is 36.6 Å². The van der Waals surface area contributed by atoms with Crippen LogP contribution in [0.3, 0.4) is 0 Å². The minimum absolute atomic E-state index is 0.0498. The molecule has 0 radical (unpaired) electrons. The maximum absolute atomic E-state index is 14.2. The zero-order chi connectivity index (χ0) is 38.6. The maximum Gasteiger partial charge on any atom is 0.225 e. The zero-order valence-corrected chi connectivity index (χ0v) is 33.3. The van der Waals surface area contributed by atoms with Gasteiger partial charge in [0.05, 0.1) is 36.8 Å². The molecule has 1 saturated heterocycles. The molecule has 6 N–H and O–H groups in total. The van der Waals surface area contributed by atoms with E-state index in [1.54, 1.807) is 14.2 Å². The third-order valence-electron chi connectivity index (χ3n) is 11.5. The molecular formula is C39H72N4O8. The highest BCUT2D eigenvalue weighted by molar-refractivity contribution is 5.79. The second-order valence-corrected chi connectivity index (χ2v) is 15.7. The Balaban J connectivity index is 2.23. The summed E-state index contributed by atoms with van der Waals surface area (Å²) in [5.74, 6) is -0.730. The fraction of sp³-hybridized carbons (Fsp3) is 0.846. The summed E-state index contributed by atoms with van der Waals surface area (Å²) in [6.07, 6.45) is 5.75. The highest BCUT2D eigenvalue weighted by atomic mass is 16.5. The fourth-order valence-corrected chi connectivity index (χ4v) is 7.56. The third kappa shape index (κ3) is 12.6. The minimum atomic E-state index is -1.68. The number of allylic oxidation sites excluding steroid dienone is 3. The lowest BCUT2D eigenvalue weighted by molar-refractivity contribution is -0.145. The van der Waals surface area contributed by atoms with Crippen molar-refractivity contribution in [3.05, 3.63) is 23.8 Å². The van der Waals surface area contributed by atoms with Gasteiger partial charge in [-0.1, -0.05) is 85.6 Å². The lowest BCUT2D eigenvalue weighted by atomic mass is 9.89. The number of aliphatic hydroxyl groups is 4. The van der Waals surface area contributed by atoms with Crippen molar-refractivity contribution in [1.82, 2.24) is 20.4 Å². The number of amides is 2. The van der Waals surface area contributed by atoms with Gasteiger partial charge in [-0.05, 0) is 56.9 Å². The van der Waals surface area contributed by atoms with Gasteiger partial charge < -0.3 is 40.1 Å². The van der Waals surface area contributed by atoms with E-state index in [1.807, 2.05) is 64.5 Å². The molecule has 0 bridgehead atoms. The molecule has 296 valence electrons. The lowest BCUT2D eigenvalue weighted by Gasteiger charge is -2.44. The molecule has 1 aliphatic heterocycles. The zero-order valence-electron chi connectivity index (χ0n) is 33.3. The van der Waals surface area contributed by atoms with Crippen LogP contribution in [0.1, 0.15) is 100 Å². The van der Waals surface area contributed by atoms with E-state index >= 15 is 0 Å². The van der Waals surface area contributed by atoms with E-state index < -0.39 is 49.0 Å². The Hall–Kier alpha value is -1.90. The number of carbonyl (C=O) groups excluding carboxylic acids is 2. The minimum Gasteiger partial charge on any atom is -0.379 e. The molecule has 0 aromatic heterocycles. The van der Waals surface area contributed by atoms with E-state index in [1.165, 1.54) is 0 Å². The molecule has 1 fully saturated rings. The van der Waals surface area contributed by atoms with Gasteiger partial charge in [-0.25, -0.2) is 0 Å². The summed E-state index contributed by atoms with van der Waals surface area (Å²) in [5, 5.41) is 49.3. The van der Waals surface area contributed by atoms with Crippen LogP contribution in [0.15, 0.2) is 23.8 Å². The van der Waals surface area contributed by atoms with E-state index in [9.17, 15) is 30.0 Å². The molecular weight excluding hydrogens is 652 g/mol. The number of methoxy groups -OCH3 is 2. The second kappa shape index (κ2) is 21.7. The Bertz CT molecular complexity index is 1120. The molecule has 2 aliphatic rings. The van der Waals surface area contributed by atoms with Crippen molar-refractivity contribution in [2.75, 3.05) is 27.8 Å². The van der Waals surface area contributed by atoms with Crippen LogP contribution in [0.5, 0.6) is 0 Å². The number of aliphatic hydroxyl groups excluding tert-OH is 3. The summed E-state index contributed by atoms with van der Waals surface area (Å²) in [4.78, 5) is 30.9. The van der Waals surface area contributed by atoms with E-state index in [0.29, 0.717) is 19.4 Å². The molecule has 6 unspecified atom stereocenters. The van der Waals surface area contributed by atoms with Crippen LogP contribution in [-0.2, 0) is 19.1 Å². The van der Waals surface area contributed by atoms with Crippen LogP contribution in [0, 0.1) is 29.6 Å². The summed E-state index contributed by atoms with van der Waals surface area (Å²) in [6, 6.07) is -1.95. The van der Waals surface area contributed by atoms with Gasteiger partial charge in [-0.2, -0.15) is 0 Å². The van der Waals surface area contributed by atoms with Crippen molar-refractivity contribution in [1.29, 1.82) is 0 Å². The Labute approximate surface area is 308 Å². The highest BCUT2D eigenvalue weighted by Gasteiger charge is 2.43. The lowest BCUT2D eigenvalue weighted by Crippen LogP contribution is -2.60. The number of likely N-dealkylation sites (tertiary alicyclic amines) is 1. The van der Waals surface area contributed by atoms with Crippen LogP contribution in [0.4, 0.5) is 0 Å². The van der Waals surface area contributed by atoms with Gasteiger partial charge in [0.1, 0.15) is 12.5 Å². The number of ether oxygens (including phenoxy) is 2. The van der Waals surface area contributed by atoms with Gasteiger partial charge in [-0.3, -0.25) is 19.8 Å². The van der Waals surface area contributed by atoms with E-state index in [4.69, 9.17) is 9.47 Å². The first-order valence-corrected chi connectivity index (χ1v) is 19.2. The second-order valence-electron chi connectivity index (χ2n) is 15.7. The van der Waals surface area contributed by atoms with Crippen molar-refractivity contribution in [3.63, 3.8) is 0 Å². The first-order chi connectivity index (χ1) is 24.0. The van der Waals surface area contributed by atoms with E-state index in [0.717, 1.165) is 31.3 Å². The average Bonchev–Trinajstić information content (AvgIpc) is 3.59. The number of hydrogen-bond acceptors (Lipinski definition) is 10. The molecule has 0 spiro atoms. The van der Waals surface area contributed by atoms with Gasteiger partial charge in [0.15, 0.2) is 6.29 Å². The molecule has 0 aromatic rings. The van der Waals surface area contributed by atoms with E-state index in [-0.39, 0.29) is 54.0 Å². The standard InChI is InChI=1S/C39H72N4O8/c1-12-25(6)34(42(9)38(47)33(24(4)5)41-36(45)26(7)23(2)3)31(50-10)22-32(44)43-20-16-19-30(43)35(51-11)27(8)37(46)40-29(39(48)49)21-28-17-14-13-15-18-28/h14,17-18,23-27,29-31,33-35,37-40,46-49H,12-13,15-16,19-22H2,1-11H3,(H,41,45)/t25?,26?,27-,29+,30?,31-,33+,34?,35-,37?,38?/m1/s1. The molecule has 12 heteroatoms. The quantitative estimate of drug-likeness (QED) is 0.0913. The van der Waals surface area contributed by atoms with Crippen molar-refractivity contribution in [3.8, 4) is 0 Å². The molecule has 1 heterocycles. The predicted molar refractivity (Wildman–Crippen MR) is 200 cm³/mol. The molecule has 1 aliphatic carbocycles. The largest absolute Gasteiger partial charge is 0.379 e. The number of likely N-dealkylation sites (N-methyl/N-ethyl adjacent to an activating group) is 1. The van der Waals surface area contributed by atoms with Crippen molar-refractivity contribution >= 4 is 11.8 Å². The monoisotopic (exact) mass is 725 g/mol. The molecule has 0 saturated carbocycles. The molecule has 0 aromatic carbocycles. The first-order valence-electron chi connectivity index (χ1n) is 19.2. The maximum atomic E-state index is 14.2. The highest BCUT2D eigenvalue weighted by Crippen LogP contribution is 2.31. The molecule has 51 heavy (non-hydrogen) atoms. The smallest absolute Gasteiger partial charge is 0.225 e. The van der Waals surface area contributed by atoms with Gasteiger partial charge in [0, 0.05) is 38.6 Å². The third-order valence-corrected chi connectivity index (χ3v) is 11.5. The fourth-order valence-electron chi connectivity index (χ4n) is 7.56. The topological polar surface area (TPSA) is 164 Å². The summed E-state index contributed by atoms with van der Waals surface area (Å²) in [5.41, 5.74) is 0.981. The van der Waals surface area contributed by atoms with Crippen LogP contribution in [0.25, 0.3) is 0 Å². The molecule has 11 atom stereocenters. The van der Waals surface area contributed by atoms with Gasteiger partial charge >= 0.3 is 0 Å². The van der Waals surface area contributed by atoms with Gasteiger partial charge in [-0.15, -0.1) is 0 Å². The van der Waals surface area contributed by atoms with Crippen LogP contribution in [-0.4, -0.2) is 125 Å². The molecule has 2 rings (SSSR count). The summed E-state index contributed by atoms with van der Waals surface area (Å²) < 4.78 is 12.0. The summed E-state index contributed by atoms with van der Waals surface area (Å²) in [7, 11) is 5.00. The Morgan fingerprint density at radius 1 is 1.00 bits per heavy atom. The number of rotatable bonds is 22. The van der Waals surface area contributed by atoms with Crippen molar-refractivity contribution < 1.29 is 39.5 Å². The number of carbonyl (C=O) groups is 2. The summed E-state index contributed by atoms with van der Waals surface area (Å²) in [6.45, 7) is 16.4. The van der Waals surface area contributed by atoms with Crippen LogP contribution >= 0.6 is 0 Å². The van der Waals surface area contributed by atoms with Crippen molar-refractivity contribution in [2.24, 2.45) is 29.6 Å². The SMILES string of the molecule is CCC(C)C([C@@H](CC(=O)N1CCCC1[C@H](OC)[C@@H](C)C(O)N[C@@H](CC1=CCCC=C1)C(O)O)OC)N(C)C(O)[C@@H](NC(=O)C(C)C(C)C)C(C)C. The van der Waals surface area contributed by atoms with Gasteiger partial charge in [0.2, 0.25) is 11.8 Å². The molecule has 12 nitrogen and oxygen atoms in total. The van der Waals surface area contributed by atoms with Crippen molar-refractivity contribution in [2.45, 2.75) is 155 Å². The number of hydrogen-bond donors (Lipinski definition) is 6. The van der Waals surface area contributed by atoms with Crippen LogP contribution in [0.2, 0.25) is 0 Å². The van der Waals surface area contributed by atoms with Crippen LogP contribution < -0.4 is 10.6 Å². The normalized spacial score (nSPS) is 22.8.